The number of benzene rings is 2. The van der Waals surface area contributed by atoms with Crippen LogP contribution in [0.15, 0.2) is 65.8 Å². The maximum atomic E-state index is 13.3. The van der Waals surface area contributed by atoms with Gasteiger partial charge in [-0.1, -0.05) is 24.3 Å². The minimum atomic E-state index is -1.11. The van der Waals surface area contributed by atoms with Crippen LogP contribution in [0.1, 0.15) is 12.8 Å². The third kappa shape index (κ3) is 5.02. The van der Waals surface area contributed by atoms with Crippen molar-refractivity contribution in [3.8, 4) is 16.8 Å². The second kappa shape index (κ2) is 10.2. The Hall–Kier alpha value is -4.09. The van der Waals surface area contributed by atoms with E-state index >= 15 is 0 Å². The van der Waals surface area contributed by atoms with E-state index in [0.717, 1.165) is 29.9 Å². The number of nitrogens with one attached hydrogen (secondary N) is 1. The summed E-state index contributed by atoms with van der Waals surface area (Å²) in [5.74, 6) is -0.284. The van der Waals surface area contributed by atoms with Crippen molar-refractivity contribution >= 4 is 17.1 Å². The Bertz CT molecular complexity index is 1530. The molecule has 2 aliphatic rings. The number of amides is 2. The van der Waals surface area contributed by atoms with E-state index in [4.69, 9.17) is 0 Å². The fourth-order valence-corrected chi connectivity index (χ4v) is 5.33. The molecule has 2 saturated heterocycles. The van der Waals surface area contributed by atoms with Crippen LogP contribution in [0.2, 0.25) is 0 Å². The molecule has 39 heavy (non-hydrogen) atoms. The molecule has 2 aromatic heterocycles. The minimum absolute atomic E-state index is 0.0110. The van der Waals surface area contributed by atoms with Crippen LogP contribution < -0.4 is 10.9 Å². The van der Waals surface area contributed by atoms with Crippen LogP contribution >= 0.6 is 0 Å². The molecular weight excluding hydrogens is 501 g/mol. The Morgan fingerprint density at radius 1 is 0.949 bits per heavy atom. The molecule has 2 amide bonds. The fraction of sp³-hybridized carbons (Fsp3) is 0.357. The first-order valence-corrected chi connectivity index (χ1v) is 13.2. The summed E-state index contributed by atoms with van der Waals surface area (Å²) in [5, 5.41) is 19.3. The minimum Gasteiger partial charge on any atom is -0.388 e. The Balaban J connectivity index is 1.16. The number of rotatable bonds is 4. The SMILES string of the molecule is O=C(N1CCNCC1)N1CCC(O)(Cn2cnc3c(cnn3-c3ccc(-c4ccc(F)cc4)cc3)c2=O)CC1. The zero-order chi connectivity index (χ0) is 27.0. The molecule has 0 spiro atoms. The fourth-order valence-electron chi connectivity index (χ4n) is 5.33. The Morgan fingerprint density at radius 3 is 2.23 bits per heavy atom. The lowest BCUT2D eigenvalue weighted by molar-refractivity contribution is -0.0293. The summed E-state index contributed by atoms with van der Waals surface area (Å²) >= 11 is 0. The van der Waals surface area contributed by atoms with Gasteiger partial charge in [-0.3, -0.25) is 9.36 Å². The lowest BCUT2D eigenvalue weighted by Crippen LogP contribution is -2.55. The van der Waals surface area contributed by atoms with E-state index in [-0.39, 0.29) is 24.0 Å². The average molecular weight is 532 g/mol. The first kappa shape index (κ1) is 25.2. The molecule has 11 heteroatoms. The lowest BCUT2D eigenvalue weighted by atomic mass is 9.91. The quantitative estimate of drug-likeness (QED) is 0.418. The predicted octanol–water partition coefficient (Wildman–Crippen LogP) is 2.24. The number of carbonyl (C=O) groups excluding carboxylic acids is 1. The van der Waals surface area contributed by atoms with Crippen molar-refractivity contribution in [2.24, 2.45) is 0 Å². The molecule has 2 N–H and O–H groups in total. The Morgan fingerprint density at radius 2 is 1.56 bits per heavy atom. The van der Waals surface area contributed by atoms with E-state index in [1.807, 2.05) is 29.2 Å². The van der Waals surface area contributed by atoms with Crippen molar-refractivity contribution in [1.29, 1.82) is 0 Å². The number of fused-ring (bicyclic) bond motifs is 1. The van der Waals surface area contributed by atoms with Gasteiger partial charge in [0, 0.05) is 39.3 Å². The molecule has 4 aromatic rings. The average Bonchev–Trinajstić information content (AvgIpc) is 3.41. The van der Waals surface area contributed by atoms with E-state index in [9.17, 15) is 19.1 Å². The predicted molar refractivity (Wildman–Crippen MR) is 144 cm³/mol. The number of piperidine rings is 1. The topological polar surface area (TPSA) is 109 Å². The zero-order valence-corrected chi connectivity index (χ0v) is 21.5. The third-order valence-electron chi connectivity index (χ3n) is 7.66. The number of aromatic nitrogens is 4. The van der Waals surface area contributed by atoms with Crippen molar-refractivity contribution in [3.63, 3.8) is 0 Å². The summed E-state index contributed by atoms with van der Waals surface area (Å²) in [6, 6.07) is 13.9. The molecule has 0 radical (unpaired) electrons. The van der Waals surface area contributed by atoms with Gasteiger partial charge in [0.25, 0.3) is 5.56 Å². The molecule has 2 aliphatic heterocycles. The first-order valence-electron chi connectivity index (χ1n) is 13.2. The number of likely N-dealkylation sites (tertiary alicyclic amines) is 1. The van der Waals surface area contributed by atoms with Gasteiger partial charge in [-0.15, -0.1) is 0 Å². The van der Waals surface area contributed by atoms with Crippen molar-refractivity contribution < 1.29 is 14.3 Å². The van der Waals surface area contributed by atoms with Crippen molar-refractivity contribution in [2.75, 3.05) is 39.3 Å². The number of hydrogen-bond acceptors (Lipinski definition) is 6. The second-order valence-electron chi connectivity index (χ2n) is 10.3. The third-order valence-corrected chi connectivity index (χ3v) is 7.66. The summed E-state index contributed by atoms with van der Waals surface area (Å²) in [6.45, 7) is 3.94. The maximum Gasteiger partial charge on any atom is 0.320 e. The van der Waals surface area contributed by atoms with Gasteiger partial charge in [0.2, 0.25) is 0 Å². The van der Waals surface area contributed by atoms with Gasteiger partial charge in [-0.05, 0) is 48.2 Å². The van der Waals surface area contributed by atoms with Gasteiger partial charge in [0.1, 0.15) is 17.5 Å². The van der Waals surface area contributed by atoms with Crippen molar-refractivity contribution in [1.82, 2.24) is 34.4 Å². The van der Waals surface area contributed by atoms with E-state index < -0.39 is 5.60 Å². The number of urea groups is 1. The highest BCUT2D eigenvalue weighted by Crippen LogP contribution is 2.26. The van der Waals surface area contributed by atoms with E-state index in [2.05, 4.69) is 15.4 Å². The summed E-state index contributed by atoms with van der Waals surface area (Å²) in [7, 11) is 0. The van der Waals surface area contributed by atoms with Crippen molar-refractivity contribution in [2.45, 2.75) is 25.0 Å². The molecule has 0 atom stereocenters. The van der Waals surface area contributed by atoms with Gasteiger partial charge >= 0.3 is 6.03 Å². The highest BCUT2D eigenvalue weighted by Gasteiger charge is 2.36. The Kier molecular flexibility index (Phi) is 6.61. The number of piperazine rings is 1. The van der Waals surface area contributed by atoms with Crippen LogP contribution in [0, 0.1) is 5.82 Å². The van der Waals surface area contributed by atoms with Crippen LogP contribution in [-0.2, 0) is 6.54 Å². The molecule has 2 aromatic carbocycles. The lowest BCUT2D eigenvalue weighted by Gasteiger charge is -2.41. The van der Waals surface area contributed by atoms with Crippen LogP contribution in [0.3, 0.4) is 0 Å². The van der Waals surface area contributed by atoms with Crippen LogP contribution in [-0.4, -0.2) is 85.1 Å². The summed E-state index contributed by atoms with van der Waals surface area (Å²) in [4.78, 5) is 34.2. The molecule has 0 aliphatic carbocycles. The van der Waals surface area contributed by atoms with E-state index in [1.165, 1.54) is 29.2 Å². The number of nitrogens with zero attached hydrogens (tertiary/aromatic N) is 6. The largest absolute Gasteiger partial charge is 0.388 e. The summed E-state index contributed by atoms with van der Waals surface area (Å²) < 4.78 is 16.3. The molecule has 0 bridgehead atoms. The van der Waals surface area contributed by atoms with E-state index in [0.29, 0.717) is 50.1 Å². The van der Waals surface area contributed by atoms with Gasteiger partial charge in [-0.25, -0.2) is 18.9 Å². The van der Waals surface area contributed by atoms with Gasteiger partial charge in [0.05, 0.1) is 24.0 Å². The highest BCUT2D eigenvalue weighted by molar-refractivity contribution is 5.76. The maximum absolute atomic E-state index is 13.3. The van der Waals surface area contributed by atoms with Crippen molar-refractivity contribution in [3.05, 3.63) is 77.2 Å². The number of halogens is 1. The molecule has 0 saturated carbocycles. The molecule has 6 rings (SSSR count). The van der Waals surface area contributed by atoms with Gasteiger partial charge in [0.15, 0.2) is 5.65 Å². The zero-order valence-electron chi connectivity index (χ0n) is 21.5. The monoisotopic (exact) mass is 531 g/mol. The standard InChI is InChI=1S/C28H30FN7O3/c29-22-5-1-20(2-6-22)21-3-7-23(8-4-21)36-25-24(17-32-36)26(37)35(19-31-25)18-28(39)9-13-33(14-10-28)27(38)34-15-11-30-12-16-34/h1-8,17,19,30,39H,9-16,18H2. The molecular formula is C28H30FN7O3. The molecule has 0 unspecified atom stereocenters. The molecule has 4 heterocycles. The molecule has 2 fully saturated rings. The number of aliphatic hydroxyl groups is 1. The smallest absolute Gasteiger partial charge is 0.320 e. The number of carbonyl (C=O) groups is 1. The van der Waals surface area contributed by atoms with Gasteiger partial charge < -0.3 is 20.2 Å². The number of hydrogen-bond donors (Lipinski definition) is 2. The van der Waals surface area contributed by atoms with Crippen LogP contribution in [0.4, 0.5) is 9.18 Å². The van der Waals surface area contributed by atoms with Crippen LogP contribution in [0.5, 0.6) is 0 Å². The summed E-state index contributed by atoms with van der Waals surface area (Å²) in [5.41, 5.74) is 1.61. The Labute approximate surface area is 224 Å². The van der Waals surface area contributed by atoms with Crippen LogP contribution in [0.25, 0.3) is 27.8 Å². The highest BCUT2D eigenvalue weighted by atomic mass is 19.1. The normalized spacial score (nSPS) is 17.5. The molecule has 202 valence electrons. The molecule has 10 nitrogen and oxygen atoms in total. The van der Waals surface area contributed by atoms with E-state index in [1.54, 1.807) is 21.7 Å². The summed E-state index contributed by atoms with van der Waals surface area (Å²) in [6.07, 6.45) is 3.71. The first-order chi connectivity index (χ1) is 18.9. The van der Waals surface area contributed by atoms with Gasteiger partial charge in [-0.2, -0.15) is 5.10 Å². The second-order valence-corrected chi connectivity index (χ2v) is 10.3.